The summed E-state index contributed by atoms with van der Waals surface area (Å²) < 4.78 is 26.6. The fourth-order valence-corrected chi connectivity index (χ4v) is 3.49. The highest BCUT2D eigenvalue weighted by Crippen LogP contribution is 2.30. The van der Waals surface area contributed by atoms with Gasteiger partial charge in [0.15, 0.2) is 11.6 Å². The molecule has 3 heteroatoms. The summed E-state index contributed by atoms with van der Waals surface area (Å²) in [5, 5.41) is 2.11. The fraction of sp³-hybridized carbons (Fsp3) is 0.148. The Kier molecular flexibility index (Phi) is 6.29. The molecule has 4 aromatic carbocycles. The number of rotatable bonds is 8. The molecular weight excluding hydrogens is 375 g/mol. The zero-order chi connectivity index (χ0) is 20.8. The molecule has 0 aliphatic carbocycles. The van der Waals surface area contributed by atoms with Gasteiger partial charge in [0.25, 0.3) is 0 Å². The molecule has 4 aromatic rings. The average Bonchev–Trinajstić information content (AvgIpc) is 2.79. The summed E-state index contributed by atoms with van der Waals surface area (Å²) in [5.74, 6) is 0.755. The van der Waals surface area contributed by atoms with Crippen molar-refractivity contribution in [2.45, 2.75) is 26.1 Å². The number of fused-ring (bicyclic) bond motifs is 1. The molecule has 0 aliphatic rings. The Balaban J connectivity index is 1.56. The molecule has 0 saturated heterocycles. The summed E-state index contributed by atoms with van der Waals surface area (Å²) in [6.07, 6.45) is 1.24. The van der Waals surface area contributed by atoms with E-state index in [2.05, 4.69) is 13.0 Å². The van der Waals surface area contributed by atoms with Crippen LogP contribution in [-0.4, -0.2) is 0 Å². The third-order valence-corrected chi connectivity index (χ3v) is 5.00. The van der Waals surface area contributed by atoms with E-state index < -0.39 is 0 Å². The van der Waals surface area contributed by atoms with E-state index in [1.54, 1.807) is 12.1 Å². The van der Waals surface area contributed by atoms with Gasteiger partial charge in [-0.05, 0) is 53.1 Å². The second kappa shape index (κ2) is 9.45. The quantitative estimate of drug-likeness (QED) is 0.321. The number of benzene rings is 4. The minimum absolute atomic E-state index is 0.261. The van der Waals surface area contributed by atoms with Gasteiger partial charge in [-0.2, -0.15) is 0 Å². The largest absolute Gasteiger partial charge is 0.488 e. The summed E-state index contributed by atoms with van der Waals surface area (Å²) in [5.41, 5.74) is 2.67. The predicted octanol–water partition coefficient (Wildman–Crippen LogP) is 6.90. The van der Waals surface area contributed by atoms with Gasteiger partial charge in [0.2, 0.25) is 0 Å². The van der Waals surface area contributed by atoms with Crippen LogP contribution >= 0.6 is 0 Å². The zero-order valence-corrected chi connectivity index (χ0v) is 16.8. The van der Waals surface area contributed by atoms with Crippen molar-refractivity contribution in [3.8, 4) is 11.5 Å². The second-order valence-electron chi connectivity index (χ2n) is 7.21. The number of hydrogen-bond acceptors (Lipinski definition) is 2. The van der Waals surface area contributed by atoms with Crippen LogP contribution in [0.15, 0.2) is 84.9 Å². The van der Waals surface area contributed by atoms with Crippen molar-refractivity contribution in [2.75, 3.05) is 0 Å². The normalized spacial score (nSPS) is 10.9. The fourth-order valence-electron chi connectivity index (χ4n) is 3.49. The molecule has 2 nitrogen and oxygen atoms in total. The number of ether oxygens (including phenoxy) is 2. The van der Waals surface area contributed by atoms with E-state index >= 15 is 0 Å². The van der Waals surface area contributed by atoms with Gasteiger partial charge in [0, 0.05) is 5.39 Å². The van der Waals surface area contributed by atoms with E-state index in [-0.39, 0.29) is 18.2 Å². The topological polar surface area (TPSA) is 18.5 Å². The first-order valence-electron chi connectivity index (χ1n) is 10.1. The maximum absolute atomic E-state index is 14.6. The molecule has 0 N–H and O–H groups in total. The standard InChI is InChI=1S/C27H24FO2/c1-2-9-22-13-8-15-25(27(22)28)29-19-21-16-23-12-6-7-14-24(23)26(17-21)30-18-20-10-4-3-5-11-20/h3-8,10-17H,1-2,9,18-19H2. The van der Waals surface area contributed by atoms with Crippen LogP contribution in [-0.2, 0) is 19.6 Å². The molecule has 151 valence electrons. The average molecular weight is 399 g/mol. The molecule has 0 aliphatic heterocycles. The molecule has 0 heterocycles. The summed E-state index contributed by atoms with van der Waals surface area (Å²) in [6, 6.07) is 27.4. The molecule has 0 unspecified atom stereocenters. The van der Waals surface area contributed by atoms with Crippen LogP contribution < -0.4 is 9.47 Å². The summed E-state index contributed by atoms with van der Waals surface area (Å²) in [6.45, 7) is 4.55. The van der Waals surface area contributed by atoms with Crippen molar-refractivity contribution in [1.29, 1.82) is 0 Å². The summed E-state index contributed by atoms with van der Waals surface area (Å²) in [4.78, 5) is 0. The Labute approximate surface area is 176 Å². The van der Waals surface area contributed by atoms with E-state index in [9.17, 15) is 4.39 Å². The monoisotopic (exact) mass is 399 g/mol. The molecule has 0 saturated carbocycles. The van der Waals surface area contributed by atoms with Crippen LogP contribution in [0.4, 0.5) is 4.39 Å². The molecule has 0 spiro atoms. The van der Waals surface area contributed by atoms with E-state index in [1.165, 1.54) is 0 Å². The highest BCUT2D eigenvalue weighted by Gasteiger charge is 2.11. The Bertz CT molecular complexity index is 1120. The number of halogens is 1. The summed E-state index contributed by atoms with van der Waals surface area (Å²) in [7, 11) is 0. The lowest BCUT2D eigenvalue weighted by atomic mass is 10.1. The minimum Gasteiger partial charge on any atom is -0.488 e. The molecule has 4 rings (SSSR count). The summed E-state index contributed by atoms with van der Waals surface area (Å²) >= 11 is 0. The SMILES string of the molecule is [CH2]CCc1cccc(OCc2cc(OCc3ccccc3)c3ccccc3c2)c1F. The first kappa shape index (κ1) is 20.0. The van der Waals surface area contributed by atoms with Crippen molar-refractivity contribution in [1.82, 2.24) is 0 Å². The first-order chi connectivity index (χ1) is 14.7. The van der Waals surface area contributed by atoms with Gasteiger partial charge in [0.1, 0.15) is 19.0 Å². The molecule has 0 fully saturated rings. The van der Waals surface area contributed by atoms with Crippen LogP contribution in [0, 0.1) is 12.7 Å². The van der Waals surface area contributed by atoms with E-state index in [0.717, 1.165) is 27.6 Å². The lowest BCUT2D eigenvalue weighted by molar-refractivity contribution is 0.286. The lowest BCUT2D eigenvalue weighted by Crippen LogP contribution is -2.01. The molecule has 0 bridgehead atoms. The van der Waals surface area contributed by atoms with Crippen molar-refractivity contribution in [3.05, 3.63) is 114 Å². The molecular formula is C27H24FO2. The first-order valence-corrected chi connectivity index (χ1v) is 10.1. The van der Waals surface area contributed by atoms with Crippen LogP contribution in [0.3, 0.4) is 0 Å². The van der Waals surface area contributed by atoms with Crippen LogP contribution in [0.25, 0.3) is 10.8 Å². The van der Waals surface area contributed by atoms with Crippen molar-refractivity contribution < 1.29 is 13.9 Å². The van der Waals surface area contributed by atoms with E-state index in [0.29, 0.717) is 25.0 Å². The van der Waals surface area contributed by atoms with Crippen LogP contribution in [0.1, 0.15) is 23.1 Å². The van der Waals surface area contributed by atoms with Gasteiger partial charge in [-0.25, -0.2) is 4.39 Å². The maximum atomic E-state index is 14.6. The predicted molar refractivity (Wildman–Crippen MR) is 119 cm³/mol. The second-order valence-corrected chi connectivity index (χ2v) is 7.21. The van der Waals surface area contributed by atoms with E-state index in [4.69, 9.17) is 9.47 Å². The van der Waals surface area contributed by atoms with Crippen molar-refractivity contribution in [3.63, 3.8) is 0 Å². The highest BCUT2D eigenvalue weighted by molar-refractivity contribution is 5.89. The van der Waals surface area contributed by atoms with Gasteiger partial charge in [-0.1, -0.05) is 73.7 Å². The highest BCUT2D eigenvalue weighted by atomic mass is 19.1. The molecule has 1 radical (unpaired) electrons. The Morgan fingerprint density at radius 3 is 2.27 bits per heavy atom. The maximum Gasteiger partial charge on any atom is 0.168 e. The lowest BCUT2D eigenvalue weighted by Gasteiger charge is -2.14. The Morgan fingerprint density at radius 1 is 0.700 bits per heavy atom. The van der Waals surface area contributed by atoms with Crippen LogP contribution in [0.5, 0.6) is 11.5 Å². The van der Waals surface area contributed by atoms with Crippen molar-refractivity contribution in [2.24, 2.45) is 0 Å². The van der Waals surface area contributed by atoms with Crippen molar-refractivity contribution >= 4 is 10.8 Å². The minimum atomic E-state index is -0.303. The Hall–Kier alpha value is -3.33. The number of aryl methyl sites for hydroxylation is 1. The third-order valence-electron chi connectivity index (χ3n) is 5.00. The van der Waals surface area contributed by atoms with Crippen LogP contribution in [0.2, 0.25) is 0 Å². The zero-order valence-electron chi connectivity index (χ0n) is 16.8. The molecule has 30 heavy (non-hydrogen) atoms. The van der Waals surface area contributed by atoms with Gasteiger partial charge in [-0.15, -0.1) is 0 Å². The molecule has 0 atom stereocenters. The van der Waals surface area contributed by atoms with Gasteiger partial charge < -0.3 is 9.47 Å². The molecule has 0 aromatic heterocycles. The third kappa shape index (κ3) is 4.62. The van der Waals surface area contributed by atoms with Gasteiger partial charge in [0.05, 0.1) is 0 Å². The number of hydrogen-bond donors (Lipinski definition) is 0. The Morgan fingerprint density at radius 2 is 1.43 bits per heavy atom. The van der Waals surface area contributed by atoms with Gasteiger partial charge >= 0.3 is 0 Å². The smallest absolute Gasteiger partial charge is 0.168 e. The van der Waals surface area contributed by atoms with Gasteiger partial charge in [-0.3, -0.25) is 0 Å². The van der Waals surface area contributed by atoms with E-state index in [1.807, 2.05) is 66.7 Å². The molecule has 0 amide bonds.